The van der Waals surface area contributed by atoms with Crippen molar-refractivity contribution in [2.75, 3.05) is 7.11 Å². The summed E-state index contributed by atoms with van der Waals surface area (Å²) in [4.78, 5) is 21.2. The van der Waals surface area contributed by atoms with Crippen molar-refractivity contribution < 1.29 is 14.6 Å². The molecular weight excluding hydrogens is 264 g/mol. The number of hydrogen-bond acceptors (Lipinski definition) is 5. The third-order valence-corrected chi connectivity index (χ3v) is 3.85. The standard InChI is InChI=1S/C13H16N2O5/c1-13(2)6-4-5-8-9(14(16)17)7-10(15(18)19)12(20-3)11(8)13/h7H,4-6H2,1-3H3. The van der Waals surface area contributed by atoms with E-state index in [-0.39, 0.29) is 22.5 Å². The van der Waals surface area contributed by atoms with Gasteiger partial charge < -0.3 is 4.74 Å². The first-order valence-electron chi connectivity index (χ1n) is 6.32. The Bertz CT molecular complexity index is 563. The summed E-state index contributed by atoms with van der Waals surface area (Å²) in [6, 6.07) is 1.01. The monoisotopic (exact) mass is 280 g/mol. The van der Waals surface area contributed by atoms with Gasteiger partial charge in [0.1, 0.15) is 0 Å². The van der Waals surface area contributed by atoms with E-state index in [0.29, 0.717) is 17.5 Å². The fourth-order valence-electron chi connectivity index (χ4n) is 2.98. The Labute approximate surface area is 115 Å². The Hall–Kier alpha value is -2.18. The molecule has 0 atom stereocenters. The van der Waals surface area contributed by atoms with Crippen LogP contribution < -0.4 is 4.74 Å². The van der Waals surface area contributed by atoms with Gasteiger partial charge in [-0.1, -0.05) is 13.8 Å². The van der Waals surface area contributed by atoms with Crippen LogP contribution in [0, 0.1) is 20.2 Å². The first-order valence-corrected chi connectivity index (χ1v) is 6.32. The van der Waals surface area contributed by atoms with Crippen molar-refractivity contribution in [3.63, 3.8) is 0 Å². The van der Waals surface area contributed by atoms with Crippen molar-refractivity contribution in [2.45, 2.75) is 38.5 Å². The molecule has 108 valence electrons. The summed E-state index contributed by atoms with van der Waals surface area (Å²) in [5.41, 5.74) is 0.268. The zero-order valence-electron chi connectivity index (χ0n) is 11.6. The summed E-state index contributed by atoms with van der Waals surface area (Å²) < 4.78 is 5.21. The van der Waals surface area contributed by atoms with Crippen molar-refractivity contribution >= 4 is 11.4 Å². The number of ether oxygens (including phenoxy) is 1. The number of methoxy groups -OCH3 is 1. The van der Waals surface area contributed by atoms with E-state index < -0.39 is 9.85 Å². The predicted octanol–water partition coefficient (Wildman–Crippen LogP) is 3.13. The van der Waals surface area contributed by atoms with Gasteiger partial charge in [0.05, 0.1) is 23.0 Å². The minimum Gasteiger partial charge on any atom is -0.490 e. The minimum atomic E-state index is -0.628. The van der Waals surface area contributed by atoms with Crippen LogP contribution >= 0.6 is 0 Å². The van der Waals surface area contributed by atoms with Crippen LogP contribution in [0.15, 0.2) is 6.07 Å². The second kappa shape index (κ2) is 4.73. The maximum atomic E-state index is 11.2. The fraction of sp³-hybridized carbons (Fsp3) is 0.538. The van der Waals surface area contributed by atoms with Crippen molar-refractivity contribution in [3.05, 3.63) is 37.4 Å². The summed E-state index contributed by atoms with van der Waals surface area (Å²) in [6.45, 7) is 3.86. The second-order valence-corrected chi connectivity index (χ2v) is 5.55. The highest BCUT2D eigenvalue weighted by Crippen LogP contribution is 2.49. The number of nitro benzene ring substituents is 2. The SMILES string of the molecule is COc1c([N+](=O)[O-])cc([N+](=O)[O-])c2c1C(C)(C)CCC2. The molecule has 0 fully saturated rings. The van der Waals surface area contributed by atoms with Crippen molar-refractivity contribution in [1.29, 1.82) is 0 Å². The lowest BCUT2D eigenvalue weighted by atomic mass is 9.71. The van der Waals surface area contributed by atoms with Gasteiger partial charge in [-0.3, -0.25) is 20.2 Å². The van der Waals surface area contributed by atoms with Crippen LogP contribution in [-0.4, -0.2) is 17.0 Å². The second-order valence-electron chi connectivity index (χ2n) is 5.55. The zero-order valence-corrected chi connectivity index (χ0v) is 11.6. The van der Waals surface area contributed by atoms with Gasteiger partial charge in [0, 0.05) is 11.1 Å². The summed E-state index contributed by atoms with van der Waals surface area (Å²) in [5, 5.41) is 22.4. The van der Waals surface area contributed by atoms with Gasteiger partial charge in [0.25, 0.3) is 5.69 Å². The summed E-state index contributed by atoms with van der Waals surface area (Å²) in [7, 11) is 1.36. The van der Waals surface area contributed by atoms with Gasteiger partial charge in [-0.25, -0.2) is 0 Å². The average molecular weight is 280 g/mol. The van der Waals surface area contributed by atoms with Gasteiger partial charge in [-0.15, -0.1) is 0 Å². The average Bonchev–Trinajstić information content (AvgIpc) is 2.35. The molecule has 20 heavy (non-hydrogen) atoms. The van der Waals surface area contributed by atoms with Gasteiger partial charge in [-0.05, 0) is 24.7 Å². The Kier molecular flexibility index (Phi) is 3.37. The van der Waals surface area contributed by atoms with E-state index in [1.165, 1.54) is 7.11 Å². The molecular formula is C13H16N2O5. The molecule has 2 rings (SSSR count). The Morgan fingerprint density at radius 2 is 1.80 bits per heavy atom. The molecule has 7 nitrogen and oxygen atoms in total. The van der Waals surface area contributed by atoms with Crippen LogP contribution in [-0.2, 0) is 11.8 Å². The van der Waals surface area contributed by atoms with Crippen LogP contribution in [0.5, 0.6) is 5.75 Å². The Balaban J connectivity index is 2.88. The zero-order chi connectivity index (χ0) is 15.1. The van der Waals surface area contributed by atoms with Crippen LogP contribution in [0.1, 0.15) is 37.8 Å². The summed E-state index contributed by atoms with van der Waals surface area (Å²) >= 11 is 0. The van der Waals surface area contributed by atoms with Crippen LogP contribution in [0.3, 0.4) is 0 Å². The quantitative estimate of drug-likeness (QED) is 0.626. The molecule has 0 spiro atoms. The number of nitro groups is 2. The molecule has 0 N–H and O–H groups in total. The number of benzene rings is 1. The first-order chi connectivity index (χ1) is 9.29. The minimum absolute atomic E-state index is 0.153. The normalized spacial score (nSPS) is 16.4. The Morgan fingerprint density at radius 3 is 2.30 bits per heavy atom. The highest BCUT2D eigenvalue weighted by atomic mass is 16.6. The number of hydrogen-bond donors (Lipinski definition) is 0. The fourth-order valence-corrected chi connectivity index (χ4v) is 2.98. The molecule has 1 aromatic rings. The van der Waals surface area contributed by atoms with E-state index in [1.807, 2.05) is 13.8 Å². The molecule has 1 aromatic carbocycles. The van der Waals surface area contributed by atoms with E-state index in [2.05, 4.69) is 0 Å². The topological polar surface area (TPSA) is 95.5 Å². The molecule has 0 aliphatic heterocycles. The number of rotatable bonds is 3. The van der Waals surface area contributed by atoms with Gasteiger partial charge in [0.2, 0.25) is 5.75 Å². The number of fused-ring (bicyclic) bond motifs is 1. The predicted molar refractivity (Wildman–Crippen MR) is 72.3 cm³/mol. The van der Waals surface area contributed by atoms with Gasteiger partial charge >= 0.3 is 5.69 Å². The van der Waals surface area contributed by atoms with Gasteiger partial charge in [-0.2, -0.15) is 0 Å². The largest absolute Gasteiger partial charge is 0.490 e. The molecule has 0 heterocycles. The summed E-state index contributed by atoms with van der Waals surface area (Å²) in [5.74, 6) is 0.153. The Morgan fingerprint density at radius 1 is 1.20 bits per heavy atom. The van der Waals surface area contributed by atoms with Crippen LogP contribution in [0.2, 0.25) is 0 Å². The highest BCUT2D eigenvalue weighted by molar-refractivity contribution is 5.66. The van der Waals surface area contributed by atoms with Gasteiger partial charge in [0.15, 0.2) is 0 Å². The van der Waals surface area contributed by atoms with E-state index in [9.17, 15) is 20.2 Å². The molecule has 1 aliphatic rings. The molecule has 0 radical (unpaired) electrons. The lowest BCUT2D eigenvalue weighted by molar-refractivity contribution is -0.395. The van der Waals surface area contributed by atoms with E-state index in [0.717, 1.165) is 18.9 Å². The van der Waals surface area contributed by atoms with Crippen molar-refractivity contribution in [3.8, 4) is 5.75 Å². The van der Waals surface area contributed by atoms with E-state index in [1.54, 1.807) is 0 Å². The van der Waals surface area contributed by atoms with Crippen LogP contribution in [0.25, 0.3) is 0 Å². The smallest absolute Gasteiger partial charge is 0.318 e. The molecule has 0 bridgehead atoms. The molecule has 0 aromatic heterocycles. The highest BCUT2D eigenvalue weighted by Gasteiger charge is 2.39. The lowest BCUT2D eigenvalue weighted by Gasteiger charge is -2.33. The first kappa shape index (κ1) is 14.2. The third kappa shape index (κ3) is 2.09. The third-order valence-electron chi connectivity index (χ3n) is 3.85. The molecule has 7 heteroatoms. The van der Waals surface area contributed by atoms with E-state index >= 15 is 0 Å². The maximum absolute atomic E-state index is 11.2. The van der Waals surface area contributed by atoms with Crippen molar-refractivity contribution in [2.24, 2.45) is 0 Å². The maximum Gasteiger partial charge on any atom is 0.318 e. The molecule has 0 saturated carbocycles. The molecule has 0 amide bonds. The lowest BCUT2D eigenvalue weighted by Crippen LogP contribution is -2.26. The number of nitrogens with zero attached hydrogens (tertiary/aromatic N) is 2. The molecule has 1 aliphatic carbocycles. The summed E-state index contributed by atoms with van der Waals surface area (Å²) in [6.07, 6.45) is 2.18. The van der Waals surface area contributed by atoms with E-state index in [4.69, 9.17) is 4.74 Å². The molecule has 0 saturated heterocycles. The van der Waals surface area contributed by atoms with Crippen LogP contribution in [0.4, 0.5) is 11.4 Å². The molecule has 0 unspecified atom stereocenters. The van der Waals surface area contributed by atoms with Crippen molar-refractivity contribution in [1.82, 2.24) is 0 Å².